The van der Waals surface area contributed by atoms with Gasteiger partial charge in [0.15, 0.2) is 11.6 Å². The molecule has 15 heavy (non-hydrogen) atoms. The third kappa shape index (κ3) is 2.04. The van der Waals surface area contributed by atoms with E-state index in [0.717, 1.165) is 6.20 Å². The highest BCUT2D eigenvalue weighted by Gasteiger charge is 2.01. The molecule has 2 heterocycles. The Kier molecular flexibility index (Phi) is 2.49. The molecule has 0 amide bonds. The Bertz CT molecular complexity index is 474. The van der Waals surface area contributed by atoms with Gasteiger partial charge in [-0.3, -0.25) is 4.99 Å². The van der Waals surface area contributed by atoms with Gasteiger partial charge >= 0.3 is 0 Å². The molecule has 2 rings (SSSR count). The number of hydrogen-bond acceptors (Lipinski definition) is 4. The first-order valence-electron chi connectivity index (χ1n) is 4.24. The van der Waals surface area contributed by atoms with Crippen LogP contribution in [0.3, 0.4) is 0 Å². The van der Waals surface area contributed by atoms with Gasteiger partial charge in [0, 0.05) is 13.3 Å². The Morgan fingerprint density at radius 3 is 2.73 bits per heavy atom. The molecule has 0 fully saturated rings. The number of aromatic nitrogens is 4. The first-order valence-corrected chi connectivity index (χ1v) is 4.24. The van der Waals surface area contributed by atoms with E-state index in [9.17, 15) is 4.39 Å². The molecule has 2 aromatic heterocycles. The fourth-order valence-corrected chi connectivity index (χ4v) is 1.07. The van der Waals surface area contributed by atoms with Crippen LogP contribution < -0.4 is 0 Å². The lowest BCUT2D eigenvalue weighted by Crippen LogP contribution is -2.00. The molecule has 5 nitrogen and oxygen atoms in total. The van der Waals surface area contributed by atoms with Gasteiger partial charge in [0.25, 0.3) is 0 Å². The van der Waals surface area contributed by atoms with Crippen molar-refractivity contribution in [2.24, 2.45) is 4.99 Å². The monoisotopic (exact) mass is 205 g/mol. The van der Waals surface area contributed by atoms with Crippen LogP contribution in [0.2, 0.25) is 0 Å². The number of aliphatic imine (C=N–C) groups is 1. The molecule has 0 saturated carbocycles. The van der Waals surface area contributed by atoms with Crippen molar-refractivity contribution in [2.45, 2.75) is 0 Å². The minimum absolute atomic E-state index is 0.406. The van der Waals surface area contributed by atoms with Gasteiger partial charge in [0.2, 0.25) is 0 Å². The molecule has 0 spiro atoms. The maximum Gasteiger partial charge on any atom is 0.171 e. The van der Waals surface area contributed by atoms with Gasteiger partial charge < -0.3 is 0 Å². The van der Waals surface area contributed by atoms with Crippen LogP contribution in [0.1, 0.15) is 5.69 Å². The largest absolute Gasteiger partial charge is 0.294 e. The van der Waals surface area contributed by atoms with Crippen LogP contribution in [0.4, 0.5) is 4.39 Å². The maximum atomic E-state index is 12.7. The van der Waals surface area contributed by atoms with Gasteiger partial charge in [-0.2, -0.15) is 5.10 Å². The maximum absolute atomic E-state index is 12.7. The van der Waals surface area contributed by atoms with Crippen LogP contribution in [-0.4, -0.2) is 33.0 Å². The molecule has 0 radical (unpaired) electrons. The Labute approximate surface area is 85.3 Å². The topological polar surface area (TPSA) is 56.0 Å². The highest BCUT2D eigenvalue weighted by atomic mass is 19.1. The summed E-state index contributed by atoms with van der Waals surface area (Å²) >= 11 is 0. The summed E-state index contributed by atoms with van der Waals surface area (Å²) in [5.41, 5.74) is 0.647. The standard InChI is InChI=1S/C9H8FN5/c1-11-3-8-4-13-9(5-12-8)15-6-7(10)2-14-15/h2-6H,1H3. The van der Waals surface area contributed by atoms with Gasteiger partial charge in [-0.15, -0.1) is 0 Å². The molecule has 2 aromatic rings. The Morgan fingerprint density at radius 1 is 1.33 bits per heavy atom. The number of halogens is 1. The molecule has 0 atom stereocenters. The molecular formula is C9H8FN5. The summed E-state index contributed by atoms with van der Waals surface area (Å²) in [7, 11) is 1.65. The van der Waals surface area contributed by atoms with Crippen LogP contribution in [0.5, 0.6) is 0 Å². The normalized spacial score (nSPS) is 11.1. The molecule has 0 aromatic carbocycles. The van der Waals surface area contributed by atoms with Crippen molar-refractivity contribution in [1.82, 2.24) is 19.7 Å². The summed E-state index contributed by atoms with van der Waals surface area (Å²) in [5, 5.41) is 3.77. The lowest BCUT2D eigenvalue weighted by molar-refractivity contribution is 0.627. The first-order chi connectivity index (χ1) is 7.29. The third-order valence-electron chi connectivity index (χ3n) is 1.71. The number of rotatable bonds is 2. The van der Waals surface area contributed by atoms with E-state index in [1.54, 1.807) is 19.5 Å². The van der Waals surface area contributed by atoms with E-state index in [-0.39, 0.29) is 0 Å². The van der Waals surface area contributed by atoms with E-state index < -0.39 is 5.82 Å². The van der Waals surface area contributed by atoms with Crippen LogP contribution in [0.25, 0.3) is 5.82 Å². The van der Waals surface area contributed by atoms with E-state index in [4.69, 9.17) is 0 Å². The Balaban J connectivity index is 2.31. The molecule has 0 aliphatic rings. The lowest BCUT2D eigenvalue weighted by Gasteiger charge is -1.98. The quantitative estimate of drug-likeness (QED) is 0.683. The van der Waals surface area contributed by atoms with Crippen molar-refractivity contribution in [2.75, 3.05) is 7.05 Å². The van der Waals surface area contributed by atoms with Crippen LogP contribution >= 0.6 is 0 Å². The lowest BCUT2D eigenvalue weighted by atomic mass is 10.5. The summed E-state index contributed by atoms with van der Waals surface area (Å²) in [4.78, 5) is 11.9. The van der Waals surface area contributed by atoms with E-state index in [2.05, 4.69) is 20.1 Å². The second-order valence-electron chi connectivity index (χ2n) is 2.79. The predicted octanol–water partition coefficient (Wildman–Crippen LogP) is 0.850. The van der Waals surface area contributed by atoms with Crippen LogP contribution in [-0.2, 0) is 0 Å². The smallest absolute Gasteiger partial charge is 0.171 e. The van der Waals surface area contributed by atoms with Gasteiger partial charge in [0.1, 0.15) is 0 Å². The summed E-state index contributed by atoms with van der Waals surface area (Å²) in [6.07, 6.45) is 6.98. The van der Waals surface area contributed by atoms with Crippen molar-refractivity contribution in [3.63, 3.8) is 0 Å². The fraction of sp³-hybridized carbons (Fsp3) is 0.111. The average Bonchev–Trinajstić information content (AvgIpc) is 2.67. The van der Waals surface area contributed by atoms with Gasteiger partial charge in [-0.05, 0) is 0 Å². The minimum atomic E-state index is -0.406. The van der Waals surface area contributed by atoms with Crippen LogP contribution in [0.15, 0.2) is 29.8 Å². The molecule has 0 bridgehead atoms. The van der Waals surface area contributed by atoms with Gasteiger partial charge in [-0.1, -0.05) is 0 Å². The molecule has 0 aliphatic carbocycles. The second kappa shape index (κ2) is 3.95. The summed E-state index contributed by atoms with van der Waals surface area (Å²) in [5.74, 6) is 0.0585. The molecule has 0 saturated heterocycles. The summed E-state index contributed by atoms with van der Waals surface area (Å²) < 4.78 is 14.0. The van der Waals surface area contributed by atoms with E-state index in [0.29, 0.717) is 11.5 Å². The highest BCUT2D eigenvalue weighted by Crippen LogP contribution is 2.02. The molecule has 0 aliphatic heterocycles. The summed E-state index contributed by atoms with van der Waals surface area (Å²) in [6.45, 7) is 0. The molecular weight excluding hydrogens is 197 g/mol. The highest BCUT2D eigenvalue weighted by molar-refractivity contribution is 5.76. The fourth-order valence-electron chi connectivity index (χ4n) is 1.07. The first kappa shape index (κ1) is 9.45. The van der Waals surface area contributed by atoms with E-state index in [1.807, 2.05) is 0 Å². The van der Waals surface area contributed by atoms with Crippen molar-refractivity contribution in [1.29, 1.82) is 0 Å². The zero-order chi connectivity index (χ0) is 10.7. The predicted molar refractivity (Wildman–Crippen MR) is 52.6 cm³/mol. The van der Waals surface area contributed by atoms with Crippen LogP contribution in [0, 0.1) is 5.82 Å². The zero-order valence-electron chi connectivity index (χ0n) is 8.00. The second-order valence-corrected chi connectivity index (χ2v) is 2.79. The number of hydrogen-bond donors (Lipinski definition) is 0. The molecule has 0 unspecified atom stereocenters. The van der Waals surface area contributed by atoms with Gasteiger partial charge in [-0.25, -0.2) is 19.0 Å². The summed E-state index contributed by atoms with van der Waals surface area (Å²) in [6, 6.07) is 0. The zero-order valence-corrected chi connectivity index (χ0v) is 8.00. The Morgan fingerprint density at radius 2 is 2.20 bits per heavy atom. The molecule has 6 heteroatoms. The van der Waals surface area contributed by atoms with Gasteiger partial charge in [0.05, 0.1) is 30.5 Å². The average molecular weight is 205 g/mol. The molecule has 0 N–H and O–H groups in total. The third-order valence-corrected chi connectivity index (χ3v) is 1.71. The van der Waals surface area contributed by atoms with Crippen molar-refractivity contribution in [3.8, 4) is 5.82 Å². The van der Waals surface area contributed by atoms with E-state index >= 15 is 0 Å². The molecule has 76 valence electrons. The van der Waals surface area contributed by atoms with Crippen molar-refractivity contribution >= 4 is 6.21 Å². The van der Waals surface area contributed by atoms with Crippen molar-refractivity contribution in [3.05, 3.63) is 36.3 Å². The minimum Gasteiger partial charge on any atom is -0.294 e. The Hall–Kier alpha value is -2.11. The number of nitrogens with zero attached hydrogens (tertiary/aromatic N) is 5. The van der Waals surface area contributed by atoms with Crippen molar-refractivity contribution < 1.29 is 4.39 Å². The van der Waals surface area contributed by atoms with E-state index in [1.165, 1.54) is 17.1 Å². The SMILES string of the molecule is CN=Cc1cnc(-n2cc(F)cn2)cn1.